The van der Waals surface area contributed by atoms with Gasteiger partial charge in [0.1, 0.15) is 11.8 Å². The van der Waals surface area contributed by atoms with E-state index in [-0.39, 0.29) is 6.23 Å². The second-order valence-electron chi connectivity index (χ2n) is 7.86. The first-order valence-electron chi connectivity index (χ1n) is 10.5. The second-order valence-corrected chi connectivity index (χ2v) is 7.86. The van der Waals surface area contributed by atoms with Crippen LogP contribution in [0.4, 0.5) is 0 Å². The highest BCUT2D eigenvalue weighted by Gasteiger charge is 2.45. The molecule has 0 spiro atoms. The molecule has 1 aliphatic rings. The van der Waals surface area contributed by atoms with E-state index in [9.17, 15) is 5.11 Å². The van der Waals surface area contributed by atoms with Gasteiger partial charge in [0.05, 0.1) is 20.3 Å². The zero-order valence-electron chi connectivity index (χ0n) is 18.2. The van der Waals surface area contributed by atoms with Crippen LogP contribution in [0.5, 0.6) is 11.5 Å². The van der Waals surface area contributed by atoms with Gasteiger partial charge in [-0.3, -0.25) is 4.90 Å². The first kappa shape index (κ1) is 21.4. The van der Waals surface area contributed by atoms with Crippen LogP contribution in [0.1, 0.15) is 23.1 Å². The van der Waals surface area contributed by atoms with E-state index in [1.807, 2.05) is 61.6 Å². The molecule has 0 saturated carbocycles. The standard InChI is InChI=1S/C26H29NO4/c1-27-18-21(28)17-24(27)31-26(19-11-6-4-7-12-19,20-13-8-5-9-14-20)22-15-10-16-23(29-2)25(22)30-3/h4-16,21,24,28H,17-18H2,1-3H3. The number of rotatable bonds is 7. The Morgan fingerprint density at radius 2 is 1.45 bits per heavy atom. The Kier molecular flexibility index (Phi) is 6.28. The molecule has 31 heavy (non-hydrogen) atoms. The average Bonchev–Trinajstić information content (AvgIpc) is 3.14. The maximum absolute atomic E-state index is 10.3. The van der Waals surface area contributed by atoms with Gasteiger partial charge in [-0.1, -0.05) is 72.8 Å². The van der Waals surface area contributed by atoms with Crippen LogP contribution in [0.25, 0.3) is 0 Å². The van der Waals surface area contributed by atoms with Crippen molar-refractivity contribution in [2.75, 3.05) is 27.8 Å². The van der Waals surface area contributed by atoms with Crippen molar-refractivity contribution in [1.29, 1.82) is 0 Å². The molecule has 1 aliphatic heterocycles. The molecule has 1 saturated heterocycles. The lowest BCUT2D eigenvalue weighted by molar-refractivity contribution is -0.102. The third-order valence-electron chi connectivity index (χ3n) is 5.92. The minimum Gasteiger partial charge on any atom is -0.493 e. The molecular weight excluding hydrogens is 390 g/mol. The summed E-state index contributed by atoms with van der Waals surface area (Å²) >= 11 is 0. The third kappa shape index (κ3) is 3.92. The van der Waals surface area contributed by atoms with E-state index < -0.39 is 11.7 Å². The molecule has 4 rings (SSSR count). The molecule has 1 fully saturated rings. The minimum absolute atomic E-state index is 0.272. The van der Waals surface area contributed by atoms with Crippen molar-refractivity contribution in [1.82, 2.24) is 4.90 Å². The van der Waals surface area contributed by atoms with Gasteiger partial charge in [-0.2, -0.15) is 0 Å². The lowest BCUT2D eigenvalue weighted by atomic mass is 9.79. The van der Waals surface area contributed by atoms with E-state index in [2.05, 4.69) is 29.2 Å². The smallest absolute Gasteiger partial charge is 0.167 e. The van der Waals surface area contributed by atoms with Crippen molar-refractivity contribution >= 4 is 0 Å². The number of β-amino-alcohol motifs (C(OH)–C–C–N with tert-alkyl or cyclic N) is 1. The summed E-state index contributed by atoms with van der Waals surface area (Å²) in [4.78, 5) is 2.05. The van der Waals surface area contributed by atoms with Crippen LogP contribution in [0, 0.1) is 0 Å². The fourth-order valence-corrected chi connectivity index (χ4v) is 4.47. The lowest BCUT2D eigenvalue weighted by Crippen LogP contribution is -2.41. The van der Waals surface area contributed by atoms with Crippen molar-refractivity contribution in [3.05, 3.63) is 95.6 Å². The van der Waals surface area contributed by atoms with Crippen molar-refractivity contribution in [2.45, 2.75) is 24.4 Å². The summed E-state index contributed by atoms with van der Waals surface area (Å²) in [5.74, 6) is 1.26. The summed E-state index contributed by atoms with van der Waals surface area (Å²) in [6, 6.07) is 26.2. The van der Waals surface area contributed by atoms with Crippen LogP contribution in [-0.4, -0.2) is 50.2 Å². The molecule has 0 aliphatic carbocycles. The maximum atomic E-state index is 10.3. The van der Waals surface area contributed by atoms with Crippen LogP contribution >= 0.6 is 0 Å². The molecule has 162 valence electrons. The van der Waals surface area contributed by atoms with Crippen molar-refractivity contribution in [3.63, 3.8) is 0 Å². The van der Waals surface area contributed by atoms with E-state index in [4.69, 9.17) is 14.2 Å². The summed E-state index contributed by atoms with van der Waals surface area (Å²) in [6.45, 7) is 0.569. The fourth-order valence-electron chi connectivity index (χ4n) is 4.47. The molecule has 0 bridgehead atoms. The Morgan fingerprint density at radius 3 is 1.94 bits per heavy atom. The zero-order valence-corrected chi connectivity index (χ0v) is 18.2. The van der Waals surface area contributed by atoms with Crippen LogP contribution in [0.2, 0.25) is 0 Å². The topological polar surface area (TPSA) is 51.2 Å². The van der Waals surface area contributed by atoms with Gasteiger partial charge in [-0.25, -0.2) is 0 Å². The Labute approximate surface area is 183 Å². The average molecular weight is 420 g/mol. The number of likely N-dealkylation sites (tertiary alicyclic amines) is 1. The fraction of sp³-hybridized carbons (Fsp3) is 0.308. The highest BCUT2D eigenvalue weighted by atomic mass is 16.5. The number of aliphatic hydroxyl groups is 1. The van der Waals surface area contributed by atoms with Gasteiger partial charge < -0.3 is 19.3 Å². The van der Waals surface area contributed by atoms with Gasteiger partial charge in [-0.15, -0.1) is 0 Å². The van der Waals surface area contributed by atoms with Gasteiger partial charge in [0.2, 0.25) is 0 Å². The number of nitrogens with zero attached hydrogens (tertiary/aromatic N) is 1. The third-order valence-corrected chi connectivity index (χ3v) is 5.92. The van der Waals surface area contributed by atoms with Gasteiger partial charge in [-0.05, 0) is 24.2 Å². The lowest BCUT2D eigenvalue weighted by Gasteiger charge is -2.40. The Morgan fingerprint density at radius 1 is 0.839 bits per heavy atom. The van der Waals surface area contributed by atoms with Crippen molar-refractivity contribution in [3.8, 4) is 11.5 Å². The van der Waals surface area contributed by atoms with Gasteiger partial charge in [0.25, 0.3) is 0 Å². The van der Waals surface area contributed by atoms with Crippen LogP contribution in [-0.2, 0) is 10.3 Å². The number of methoxy groups -OCH3 is 2. The zero-order chi connectivity index (χ0) is 21.8. The Balaban J connectivity index is 2.02. The molecule has 3 aromatic carbocycles. The molecule has 0 radical (unpaired) electrons. The van der Waals surface area contributed by atoms with Crippen LogP contribution < -0.4 is 9.47 Å². The summed E-state index contributed by atoms with van der Waals surface area (Å²) in [7, 11) is 5.26. The van der Waals surface area contributed by atoms with E-state index in [1.54, 1.807) is 14.2 Å². The number of hydrogen-bond donors (Lipinski definition) is 1. The van der Waals surface area contributed by atoms with Crippen LogP contribution in [0.15, 0.2) is 78.9 Å². The highest BCUT2D eigenvalue weighted by molar-refractivity contribution is 5.57. The van der Waals surface area contributed by atoms with E-state index in [0.717, 1.165) is 16.7 Å². The quantitative estimate of drug-likeness (QED) is 0.586. The van der Waals surface area contributed by atoms with Gasteiger partial charge in [0.15, 0.2) is 11.5 Å². The second kappa shape index (κ2) is 9.10. The normalized spacial score (nSPS) is 19.4. The van der Waals surface area contributed by atoms with Gasteiger partial charge in [0, 0.05) is 18.5 Å². The largest absolute Gasteiger partial charge is 0.493 e. The van der Waals surface area contributed by atoms with Crippen LogP contribution in [0.3, 0.4) is 0 Å². The first-order chi connectivity index (χ1) is 15.1. The monoisotopic (exact) mass is 419 g/mol. The van der Waals surface area contributed by atoms with Crippen molar-refractivity contribution in [2.24, 2.45) is 0 Å². The molecule has 3 aromatic rings. The van der Waals surface area contributed by atoms with E-state index in [1.165, 1.54) is 0 Å². The molecule has 0 aromatic heterocycles. The van der Waals surface area contributed by atoms with E-state index in [0.29, 0.717) is 24.5 Å². The first-order valence-corrected chi connectivity index (χ1v) is 10.5. The maximum Gasteiger partial charge on any atom is 0.167 e. The summed E-state index contributed by atoms with van der Waals surface area (Å²) in [6.07, 6.45) is -0.165. The predicted octanol–water partition coefficient (Wildman–Crippen LogP) is 4.03. The summed E-state index contributed by atoms with van der Waals surface area (Å²) < 4.78 is 18.5. The number of benzene rings is 3. The number of para-hydroxylation sites is 1. The molecule has 1 N–H and O–H groups in total. The molecule has 5 nitrogen and oxygen atoms in total. The SMILES string of the molecule is COc1cccc(C(OC2CC(O)CN2C)(c2ccccc2)c2ccccc2)c1OC. The molecule has 5 heteroatoms. The highest BCUT2D eigenvalue weighted by Crippen LogP contribution is 2.48. The predicted molar refractivity (Wildman–Crippen MR) is 120 cm³/mol. The number of aliphatic hydroxyl groups excluding tert-OH is 1. The molecule has 1 heterocycles. The Hall–Kier alpha value is -2.86. The summed E-state index contributed by atoms with van der Waals surface area (Å²) in [5, 5.41) is 10.3. The number of hydrogen-bond acceptors (Lipinski definition) is 5. The molecule has 2 unspecified atom stereocenters. The molecule has 0 amide bonds. The van der Waals surface area contributed by atoms with Crippen molar-refractivity contribution < 1.29 is 19.3 Å². The summed E-state index contributed by atoms with van der Waals surface area (Å²) in [5.41, 5.74) is 1.83. The minimum atomic E-state index is -0.967. The van der Waals surface area contributed by atoms with E-state index >= 15 is 0 Å². The number of ether oxygens (including phenoxy) is 3. The Bertz CT molecular complexity index is 953. The number of likely N-dealkylation sites (N-methyl/N-ethyl adjacent to an activating group) is 1. The van der Waals surface area contributed by atoms with Gasteiger partial charge >= 0.3 is 0 Å². The molecular formula is C26H29NO4. The molecule has 2 atom stereocenters.